The van der Waals surface area contributed by atoms with Gasteiger partial charge < -0.3 is 4.74 Å². The predicted molar refractivity (Wildman–Crippen MR) is 54.9 cm³/mol. The van der Waals surface area contributed by atoms with E-state index in [2.05, 4.69) is 6.92 Å². The maximum Gasteiger partial charge on any atom is 0.164 e. The molecule has 2 heteroatoms. The minimum Gasteiger partial charge on any atom is -0.368 e. The van der Waals surface area contributed by atoms with E-state index in [1.807, 2.05) is 20.8 Å². The lowest BCUT2D eigenvalue weighted by atomic mass is 9.94. The van der Waals surface area contributed by atoms with Gasteiger partial charge in [0.25, 0.3) is 0 Å². The van der Waals surface area contributed by atoms with Crippen molar-refractivity contribution in [3.8, 4) is 0 Å². The van der Waals surface area contributed by atoms with Crippen LogP contribution in [0.3, 0.4) is 0 Å². The van der Waals surface area contributed by atoms with Gasteiger partial charge in [0.2, 0.25) is 0 Å². The third-order valence-corrected chi connectivity index (χ3v) is 2.37. The highest BCUT2D eigenvalue weighted by Crippen LogP contribution is 2.19. The zero-order valence-electron chi connectivity index (χ0n) is 9.35. The van der Waals surface area contributed by atoms with Crippen LogP contribution in [0.2, 0.25) is 0 Å². The lowest BCUT2D eigenvalue weighted by Gasteiger charge is -2.26. The van der Waals surface area contributed by atoms with E-state index >= 15 is 0 Å². The Kier molecular flexibility index (Phi) is 5.97. The first-order valence-electron chi connectivity index (χ1n) is 5.28. The molecule has 0 fully saturated rings. The second-order valence-corrected chi connectivity index (χ2v) is 3.61. The van der Waals surface area contributed by atoms with Gasteiger partial charge in [-0.25, -0.2) is 0 Å². The molecule has 0 spiro atoms. The van der Waals surface area contributed by atoms with Crippen molar-refractivity contribution in [1.82, 2.24) is 0 Å². The van der Waals surface area contributed by atoms with Gasteiger partial charge in [-0.15, -0.1) is 0 Å². The first-order chi connectivity index (χ1) is 6.10. The Balaban J connectivity index is 4.16. The molecule has 78 valence electrons. The molecule has 0 saturated carbocycles. The zero-order chi connectivity index (χ0) is 10.3. The molecule has 0 rings (SSSR count). The van der Waals surface area contributed by atoms with Crippen molar-refractivity contribution in [3.05, 3.63) is 0 Å². The van der Waals surface area contributed by atoms with Crippen LogP contribution in [0, 0.1) is 0 Å². The molecule has 0 radical (unpaired) electrons. The zero-order valence-corrected chi connectivity index (χ0v) is 9.35. The van der Waals surface area contributed by atoms with Gasteiger partial charge in [-0.05, 0) is 26.2 Å². The van der Waals surface area contributed by atoms with Crippen molar-refractivity contribution in [2.75, 3.05) is 6.61 Å². The summed E-state index contributed by atoms with van der Waals surface area (Å²) >= 11 is 0. The Morgan fingerprint density at radius 3 is 2.23 bits per heavy atom. The number of hydrogen-bond acceptors (Lipinski definition) is 2. The lowest BCUT2D eigenvalue weighted by Crippen LogP contribution is -2.37. The summed E-state index contributed by atoms with van der Waals surface area (Å²) in [7, 11) is 0. The number of hydrogen-bond donors (Lipinski definition) is 0. The molecule has 0 aromatic carbocycles. The van der Waals surface area contributed by atoms with E-state index in [4.69, 9.17) is 4.74 Å². The number of ether oxygens (including phenoxy) is 1. The van der Waals surface area contributed by atoms with Crippen molar-refractivity contribution >= 4 is 5.78 Å². The normalized spacial score (nSPS) is 15.4. The largest absolute Gasteiger partial charge is 0.368 e. The van der Waals surface area contributed by atoms with E-state index in [9.17, 15) is 4.79 Å². The van der Waals surface area contributed by atoms with Gasteiger partial charge in [-0.3, -0.25) is 4.79 Å². The van der Waals surface area contributed by atoms with Crippen LogP contribution in [0.15, 0.2) is 0 Å². The summed E-state index contributed by atoms with van der Waals surface area (Å²) in [5.74, 6) is 0.242. The smallest absolute Gasteiger partial charge is 0.164 e. The van der Waals surface area contributed by atoms with Crippen LogP contribution in [0.1, 0.15) is 53.4 Å². The highest BCUT2D eigenvalue weighted by atomic mass is 16.5. The van der Waals surface area contributed by atoms with Gasteiger partial charge in [0.1, 0.15) is 5.60 Å². The van der Waals surface area contributed by atoms with E-state index in [1.54, 1.807) is 0 Å². The topological polar surface area (TPSA) is 26.3 Å². The SMILES string of the molecule is CCCOC(C)(CC)C(=O)CCC. The number of carbonyl (C=O) groups is 1. The fourth-order valence-corrected chi connectivity index (χ4v) is 1.20. The van der Waals surface area contributed by atoms with Gasteiger partial charge in [-0.1, -0.05) is 20.8 Å². The van der Waals surface area contributed by atoms with E-state index in [0.29, 0.717) is 13.0 Å². The second-order valence-electron chi connectivity index (χ2n) is 3.61. The second kappa shape index (κ2) is 6.14. The Morgan fingerprint density at radius 1 is 1.23 bits per heavy atom. The third-order valence-electron chi connectivity index (χ3n) is 2.37. The average Bonchev–Trinajstić information content (AvgIpc) is 2.14. The Bertz CT molecular complexity index is 154. The molecule has 2 nitrogen and oxygen atoms in total. The highest BCUT2D eigenvalue weighted by molar-refractivity contribution is 5.86. The summed E-state index contributed by atoms with van der Waals surface area (Å²) in [4.78, 5) is 11.7. The van der Waals surface area contributed by atoms with Crippen LogP contribution >= 0.6 is 0 Å². The molecule has 0 aromatic rings. The molecule has 0 aliphatic carbocycles. The minimum absolute atomic E-state index is 0.242. The average molecular weight is 186 g/mol. The third kappa shape index (κ3) is 3.90. The molecular weight excluding hydrogens is 164 g/mol. The van der Waals surface area contributed by atoms with Crippen molar-refractivity contribution in [2.24, 2.45) is 0 Å². The monoisotopic (exact) mass is 186 g/mol. The standard InChI is InChI=1S/C11H22O2/c1-5-8-10(12)11(4,7-3)13-9-6-2/h5-9H2,1-4H3. The molecule has 0 aliphatic rings. The quantitative estimate of drug-likeness (QED) is 0.611. The van der Waals surface area contributed by atoms with E-state index < -0.39 is 5.60 Å². The lowest BCUT2D eigenvalue weighted by molar-refractivity contribution is -0.143. The van der Waals surface area contributed by atoms with E-state index in [-0.39, 0.29) is 5.78 Å². The maximum absolute atomic E-state index is 11.7. The summed E-state index contributed by atoms with van der Waals surface area (Å²) in [5.41, 5.74) is -0.536. The number of carbonyl (C=O) groups excluding carboxylic acids is 1. The molecule has 0 aliphatic heterocycles. The summed E-state index contributed by atoms with van der Waals surface area (Å²) < 4.78 is 5.59. The van der Waals surface area contributed by atoms with Crippen LogP contribution in [-0.2, 0) is 9.53 Å². The van der Waals surface area contributed by atoms with Crippen LogP contribution in [-0.4, -0.2) is 18.0 Å². The molecule has 0 heterocycles. The highest BCUT2D eigenvalue weighted by Gasteiger charge is 2.30. The number of Topliss-reactive ketones (excluding diaryl/α,β-unsaturated/α-hetero) is 1. The summed E-state index contributed by atoms with van der Waals surface area (Å²) in [6.07, 6.45) is 3.28. The summed E-state index contributed by atoms with van der Waals surface area (Å²) in [5, 5.41) is 0. The predicted octanol–water partition coefficient (Wildman–Crippen LogP) is 2.95. The number of rotatable bonds is 7. The van der Waals surface area contributed by atoms with E-state index in [0.717, 1.165) is 19.3 Å². The molecule has 0 saturated heterocycles. The first kappa shape index (κ1) is 12.6. The summed E-state index contributed by atoms with van der Waals surface area (Å²) in [6, 6.07) is 0. The molecule has 0 N–H and O–H groups in total. The van der Waals surface area contributed by atoms with Crippen molar-refractivity contribution in [2.45, 2.75) is 59.0 Å². The van der Waals surface area contributed by atoms with E-state index in [1.165, 1.54) is 0 Å². The fourth-order valence-electron chi connectivity index (χ4n) is 1.20. The minimum atomic E-state index is -0.536. The van der Waals surface area contributed by atoms with Crippen molar-refractivity contribution in [3.63, 3.8) is 0 Å². The van der Waals surface area contributed by atoms with Crippen LogP contribution in [0.5, 0.6) is 0 Å². The van der Waals surface area contributed by atoms with Crippen LogP contribution < -0.4 is 0 Å². The molecule has 0 amide bonds. The van der Waals surface area contributed by atoms with Crippen molar-refractivity contribution < 1.29 is 9.53 Å². The Labute approximate surface area is 81.7 Å². The van der Waals surface area contributed by atoms with Crippen LogP contribution in [0.25, 0.3) is 0 Å². The first-order valence-corrected chi connectivity index (χ1v) is 5.28. The van der Waals surface area contributed by atoms with Gasteiger partial charge in [0.05, 0.1) is 0 Å². The Morgan fingerprint density at radius 2 is 1.85 bits per heavy atom. The summed E-state index contributed by atoms with van der Waals surface area (Å²) in [6.45, 7) is 8.66. The van der Waals surface area contributed by atoms with Gasteiger partial charge in [0.15, 0.2) is 5.78 Å². The number of ketones is 1. The molecule has 1 atom stereocenters. The fraction of sp³-hybridized carbons (Fsp3) is 0.909. The van der Waals surface area contributed by atoms with Gasteiger partial charge in [0, 0.05) is 13.0 Å². The van der Waals surface area contributed by atoms with Crippen molar-refractivity contribution in [1.29, 1.82) is 0 Å². The molecule has 1 unspecified atom stereocenters. The van der Waals surface area contributed by atoms with Gasteiger partial charge >= 0.3 is 0 Å². The van der Waals surface area contributed by atoms with Gasteiger partial charge in [-0.2, -0.15) is 0 Å². The molecular formula is C11H22O2. The molecule has 0 bridgehead atoms. The molecule has 0 aromatic heterocycles. The molecule has 13 heavy (non-hydrogen) atoms. The van der Waals surface area contributed by atoms with Crippen LogP contribution in [0.4, 0.5) is 0 Å². The Hall–Kier alpha value is -0.370. The maximum atomic E-state index is 11.7.